The highest BCUT2D eigenvalue weighted by molar-refractivity contribution is 9.10. The number of nitrogens with zero attached hydrogens (tertiary/aromatic N) is 2. The molecule has 0 aliphatic carbocycles. The van der Waals surface area contributed by atoms with E-state index in [-0.39, 0.29) is 5.56 Å². The molecule has 100 valence electrons. The van der Waals surface area contributed by atoms with Crippen LogP contribution in [-0.2, 0) is 0 Å². The number of aromatic amines is 1. The van der Waals surface area contributed by atoms with Crippen molar-refractivity contribution in [3.63, 3.8) is 0 Å². The van der Waals surface area contributed by atoms with Gasteiger partial charge in [-0.15, -0.1) is 11.3 Å². The largest absolute Gasteiger partial charge is 0.291 e. The van der Waals surface area contributed by atoms with E-state index in [9.17, 15) is 4.79 Å². The Morgan fingerprint density at radius 3 is 3.15 bits per heavy atom. The Bertz CT molecular complexity index is 840. The molecule has 0 unspecified atom stereocenters. The zero-order chi connectivity index (χ0) is 13.9. The van der Waals surface area contributed by atoms with E-state index in [1.165, 1.54) is 11.3 Å². The molecule has 0 bridgehead atoms. The normalized spacial score (nSPS) is 11.2. The highest BCUT2D eigenvalue weighted by Gasteiger charge is 2.03. The highest BCUT2D eigenvalue weighted by Crippen LogP contribution is 2.15. The van der Waals surface area contributed by atoms with Gasteiger partial charge in [-0.25, -0.2) is 10.4 Å². The standard InChI is InChI=1S/C13H9BrN4OS/c14-9-3-1-2-8(6-9)7-15-18-13-16-11(19)10-4-5-20-12(10)17-13/h1-7H,(H2,16,17,18,19)/b15-7+. The first kappa shape index (κ1) is 13.0. The van der Waals surface area contributed by atoms with Crippen molar-refractivity contribution in [3.05, 3.63) is 56.1 Å². The van der Waals surface area contributed by atoms with E-state index in [4.69, 9.17) is 0 Å². The van der Waals surface area contributed by atoms with E-state index < -0.39 is 0 Å². The van der Waals surface area contributed by atoms with Gasteiger partial charge in [0.1, 0.15) is 4.83 Å². The van der Waals surface area contributed by atoms with Crippen molar-refractivity contribution in [2.45, 2.75) is 0 Å². The third kappa shape index (κ3) is 2.78. The first-order valence-corrected chi connectivity index (χ1v) is 7.42. The summed E-state index contributed by atoms with van der Waals surface area (Å²) in [7, 11) is 0. The quantitative estimate of drug-likeness (QED) is 0.564. The topological polar surface area (TPSA) is 70.1 Å². The number of halogens is 1. The molecule has 2 N–H and O–H groups in total. The van der Waals surface area contributed by atoms with Gasteiger partial charge in [0, 0.05) is 4.47 Å². The van der Waals surface area contributed by atoms with Crippen molar-refractivity contribution >= 4 is 49.6 Å². The maximum Gasteiger partial charge on any atom is 0.261 e. The van der Waals surface area contributed by atoms with Crippen LogP contribution in [0.25, 0.3) is 10.2 Å². The van der Waals surface area contributed by atoms with E-state index in [1.807, 2.05) is 29.6 Å². The number of benzene rings is 1. The summed E-state index contributed by atoms with van der Waals surface area (Å²) >= 11 is 4.81. The lowest BCUT2D eigenvalue weighted by atomic mass is 10.2. The second-order valence-electron chi connectivity index (χ2n) is 3.98. The Morgan fingerprint density at radius 1 is 1.40 bits per heavy atom. The Balaban J connectivity index is 1.81. The lowest BCUT2D eigenvalue weighted by molar-refractivity contribution is 1.13. The van der Waals surface area contributed by atoms with Crippen LogP contribution in [0.1, 0.15) is 5.56 Å². The van der Waals surface area contributed by atoms with Crippen LogP contribution < -0.4 is 11.0 Å². The SMILES string of the molecule is O=c1[nH]c(N/N=C/c2cccc(Br)c2)nc2sccc12. The van der Waals surface area contributed by atoms with Gasteiger partial charge in [0.15, 0.2) is 0 Å². The number of fused-ring (bicyclic) bond motifs is 1. The van der Waals surface area contributed by atoms with Gasteiger partial charge >= 0.3 is 0 Å². The van der Waals surface area contributed by atoms with Gasteiger partial charge < -0.3 is 0 Å². The molecule has 3 rings (SSSR count). The molecule has 0 radical (unpaired) electrons. The van der Waals surface area contributed by atoms with E-state index in [2.05, 4.69) is 36.4 Å². The molecule has 2 aromatic heterocycles. The third-order valence-electron chi connectivity index (χ3n) is 2.57. The first-order valence-electron chi connectivity index (χ1n) is 5.74. The number of rotatable bonds is 3. The molecule has 1 aromatic carbocycles. The smallest absolute Gasteiger partial charge is 0.261 e. The molecule has 0 aliphatic heterocycles. The second-order valence-corrected chi connectivity index (χ2v) is 5.79. The molecule has 0 aliphatic rings. The second kappa shape index (κ2) is 5.56. The molecule has 0 atom stereocenters. The van der Waals surface area contributed by atoms with Gasteiger partial charge in [-0.3, -0.25) is 9.78 Å². The summed E-state index contributed by atoms with van der Waals surface area (Å²) in [6, 6.07) is 9.47. The fourth-order valence-corrected chi connectivity index (χ4v) is 2.85. The van der Waals surface area contributed by atoms with Crippen LogP contribution in [0.2, 0.25) is 0 Å². The van der Waals surface area contributed by atoms with Crippen molar-refractivity contribution in [1.29, 1.82) is 0 Å². The molecule has 0 fully saturated rings. The van der Waals surface area contributed by atoms with Gasteiger partial charge in [0.25, 0.3) is 5.56 Å². The first-order chi connectivity index (χ1) is 9.72. The molecule has 0 saturated carbocycles. The molecular formula is C13H9BrN4OS. The highest BCUT2D eigenvalue weighted by atomic mass is 79.9. The van der Waals surface area contributed by atoms with E-state index in [0.29, 0.717) is 16.2 Å². The summed E-state index contributed by atoms with van der Waals surface area (Å²) in [6.07, 6.45) is 1.66. The fourth-order valence-electron chi connectivity index (χ4n) is 1.67. The lowest BCUT2D eigenvalue weighted by Gasteiger charge is -1.99. The Hall–Kier alpha value is -1.99. The average molecular weight is 349 g/mol. The molecule has 2 heterocycles. The monoisotopic (exact) mass is 348 g/mol. The van der Waals surface area contributed by atoms with Crippen molar-refractivity contribution in [2.24, 2.45) is 5.10 Å². The summed E-state index contributed by atoms with van der Waals surface area (Å²) in [5.41, 5.74) is 3.50. The Kier molecular flexibility index (Phi) is 3.62. The fraction of sp³-hybridized carbons (Fsp3) is 0. The van der Waals surface area contributed by atoms with Crippen molar-refractivity contribution in [3.8, 4) is 0 Å². The molecule has 0 spiro atoms. The minimum absolute atomic E-state index is 0.170. The molecule has 20 heavy (non-hydrogen) atoms. The Morgan fingerprint density at radius 2 is 2.30 bits per heavy atom. The predicted octanol–water partition coefficient (Wildman–Crippen LogP) is 3.19. The summed E-state index contributed by atoms with van der Waals surface area (Å²) in [5, 5.41) is 6.49. The number of anilines is 1. The number of hydrazone groups is 1. The number of aromatic nitrogens is 2. The van der Waals surface area contributed by atoms with E-state index in [0.717, 1.165) is 10.0 Å². The summed E-state index contributed by atoms with van der Waals surface area (Å²) in [4.78, 5) is 19.4. The molecule has 3 aromatic rings. The predicted molar refractivity (Wildman–Crippen MR) is 85.6 cm³/mol. The van der Waals surface area contributed by atoms with Crippen LogP contribution in [0.5, 0.6) is 0 Å². The number of H-pyrrole nitrogens is 1. The van der Waals surface area contributed by atoms with Crippen molar-refractivity contribution < 1.29 is 0 Å². The summed E-state index contributed by atoms with van der Waals surface area (Å²) in [5.74, 6) is 0.330. The molecular weight excluding hydrogens is 340 g/mol. The lowest BCUT2D eigenvalue weighted by Crippen LogP contribution is -2.09. The molecule has 0 amide bonds. The van der Waals surface area contributed by atoms with Crippen LogP contribution in [0.3, 0.4) is 0 Å². The minimum Gasteiger partial charge on any atom is -0.291 e. The van der Waals surface area contributed by atoms with Gasteiger partial charge in [0.2, 0.25) is 5.95 Å². The zero-order valence-corrected chi connectivity index (χ0v) is 12.5. The number of hydrogen-bond acceptors (Lipinski definition) is 5. The van der Waals surface area contributed by atoms with Gasteiger partial charge in [-0.05, 0) is 29.1 Å². The summed E-state index contributed by atoms with van der Waals surface area (Å²) in [6.45, 7) is 0. The van der Waals surface area contributed by atoms with Crippen LogP contribution in [0, 0.1) is 0 Å². The van der Waals surface area contributed by atoms with Gasteiger partial charge in [0.05, 0.1) is 11.6 Å². The van der Waals surface area contributed by atoms with Crippen molar-refractivity contribution in [2.75, 3.05) is 5.43 Å². The number of nitrogens with one attached hydrogen (secondary N) is 2. The maximum absolute atomic E-state index is 11.8. The number of thiophene rings is 1. The average Bonchev–Trinajstić information content (AvgIpc) is 2.88. The maximum atomic E-state index is 11.8. The van der Waals surface area contributed by atoms with E-state index in [1.54, 1.807) is 12.3 Å². The van der Waals surface area contributed by atoms with Crippen LogP contribution in [0.15, 0.2) is 50.1 Å². The van der Waals surface area contributed by atoms with Gasteiger partial charge in [-0.1, -0.05) is 28.1 Å². The third-order valence-corrected chi connectivity index (χ3v) is 3.87. The Labute approximate surface area is 126 Å². The summed E-state index contributed by atoms with van der Waals surface area (Å²) < 4.78 is 0.980. The van der Waals surface area contributed by atoms with Crippen LogP contribution >= 0.6 is 27.3 Å². The van der Waals surface area contributed by atoms with Crippen molar-refractivity contribution in [1.82, 2.24) is 9.97 Å². The minimum atomic E-state index is -0.170. The molecule has 0 saturated heterocycles. The molecule has 5 nitrogen and oxygen atoms in total. The van der Waals surface area contributed by atoms with Crippen LogP contribution in [0.4, 0.5) is 5.95 Å². The van der Waals surface area contributed by atoms with Crippen LogP contribution in [-0.4, -0.2) is 16.2 Å². The number of hydrogen-bond donors (Lipinski definition) is 2. The zero-order valence-electron chi connectivity index (χ0n) is 10.1. The molecule has 7 heteroatoms. The van der Waals surface area contributed by atoms with E-state index >= 15 is 0 Å². The van der Waals surface area contributed by atoms with Gasteiger partial charge in [-0.2, -0.15) is 5.10 Å².